The number of pyridine rings is 3. The first kappa shape index (κ1) is 16.3. The van der Waals surface area contributed by atoms with Gasteiger partial charge in [-0.05, 0) is 49.0 Å². The van der Waals surface area contributed by atoms with Gasteiger partial charge >= 0.3 is 0 Å². The van der Waals surface area contributed by atoms with Gasteiger partial charge in [-0.15, -0.1) is 0 Å². The molecular weight excluding hydrogens is 327 g/mol. The van der Waals surface area contributed by atoms with E-state index in [9.17, 15) is 4.39 Å². The Labute approximate surface area is 150 Å². The molecule has 0 unspecified atom stereocenters. The smallest absolute Gasteiger partial charge is 0.123 e. The highest BCUT2D eigenvalue weighted by Gasteiger charge is 2.19. The highest BCUT2D eigenvalue weighted by molar-refractivity contribution is 6.01. The van der Waals surface area contributed by atoms with Crippen LogP contribution in [-0.2, 0) is 6.42 Å². The Morgan fingerprint density at radius 2 is 1.54 bits per heavy atom. The molecule has 0 bridgehead atoms. The van der Waals surface area contributed by atoms with Crippen molar-refractivity contribution in [3.05, 3.63) is 78.5 Å². The van der Waals surface area contributed by atoms with Crippen LogP contribution in [0.25, 0.3) is 33.4 Å². The third-order valence-corrected chi connectivity index (χ3v) is 4.25. The molecule has 0 amide bonds. The van der Waals surface area contributed by atoms with Crippen LogP contribution in [0.4, 0.5) is 4.39 Å². The molecule has 4 nitrogen and oxygen atoms in total. The Morgan fingerprint density at radius 3 is 2.15 bits per heavy atom. The largest absolute Gasteiger partial charge is 0.330 e. The van der Waals surface area contributed by atoms with Crippen LogP contribution in [0.5, 0.6) is 0 Å². The minimum Gasteiger partial charge on any atom is -0.330 e. The van der Waals surface area contributed by atoms with Crippen LogP contribution in [0.2, 0.25) is 0 Å². The molecular formula is C21H17FN4. The number of halogens is 1. The van der Waals surface area contributed by atoms with E-state index in [1.165, 1.54) is 12.1 Å². The molecule has 1 aromatic carbocycles. The van der Waals surface area contributed by atoms with Gasteiger partial charge in [0, 0.05) is 35.3 Å². The number of rotatable bonds is 4. The molecule has 3 heterocycles. The molecule has 0 radical (unpaired) electrons. The topological polar surface area (TPSA) is 64.7 Å². The minimum atomic E-state index is -0.310. The first-order valence-electron chi connectivity index (χ1n) is 8.43. The minimum absolute atomic E-state index is 0.310. The maximum Gasteiger partial charge on any atom is 0.123 e. The molecule has 4 rings (SSSR count). The summed E-state index contributed by atoms with van der Waals surface area (Å²) in [6.45, 7) is 0.460. The van der Waals surface area contributed by atoms with Crippen LogP contribution < -0.4 is 5.73 Å². The van der Waals surface area contributed by atoms with Crippen molar-refractivity contribution in [3.8, 4) is 22.5 Å². The van der Waals surface area contributed by atoms with Gasteiger partial charge in [-0.1, -0.05) is 12.1 Å². The van der Waals surface area contributed by atoms with Crippen LogP contribution in [0.3, 0.4) is 0 Å². The van der Waals surface area contributed by atoms with Gasteiger partial charge in [0.25, 0.3) is 0 Å². The Hall–Kier alpha value is -3.18. The highest BCUT2D eigenvalue weighted by Crippen LogP contribution is 2.38. The maximum absolute atomic E-state index is 14.0. The lowest BCUT2D eigenvalue weighted by atomic mass is 9.93. The number of aromatic nitrogens is 3. The summed E-state index contributed by atoms with van der Waals surface area (Å²) in [5, 5.41) is 0.713. The lowest BCUT2D eigenvalue weighted by molar-refractivity contribution is 0.629. The van der Waals surface area contributed by atoms with Crippen molar-refractivity contribution in [2.45, 2.75) is 6.42 Å². The summed E-state index contributed by atoms with van der Waals surface area (Å²) in [6.07, 6.45) is 4.06. The second-order valence-corrected chi connectivity index (χ2v) is 5.94. The molecule has 0 aliphatic carbocycles. The number of hydrogen-bond donors (Lipinski definition) is 1. The van der Waals surface area contributed by atoms with E-state index in [4.69, 9.17) is 10.7 Å². The molecule has 2 N–H and O–H groups in total. The second kappa shape index (κ2) is 6.98. The summed E-state index contributed by atoms with van der Waals surface area (Å²) in [6, 6.07) is 16.0. The van der Waals surface area contributed by atoms with Crippen LogP contribution in [0.1, 0.15) is 5.69 Å². The summed E-state index contributed by atoms with van der Waals surface area (Å²) >= 11 is 0. The molecule has 0 spiro atoms. The number of hydrogen-bond acceptors (Lipinski definition) is 4. The molecule has 0 atom stereocenters. The van der Waals surface area contributed by atoms with Gasteiger partial charge in [0.2, 0.25) is 0 Å². The number of nitrogens with two attached hydrogens (primary N) is 1. The maximum atomic E-state index is 14.0. The zero-order chi connectivity index (χ0) is 17.9. The molecule has 4 aromatic rings. The third-order valence-electron chi connectivity index (χ3n) is 4.25. The summed E-state index contributed by atoms with van der Waals surface area (Å²) in [4.78, 5) is 13.8. The lowest BCUT2D eigenvalue weighted by Crippen LogP contribution is -2.08. The fourth-order valence-electron chi connectivity index (χ4n) is 3.17. The molecule has 0 fully saturated rings. The molecule has 0 saturated heterocycles. The molecule has 0 aliphatic heterocycles. The fraction of sp³-hybridized carbons (Fsp3) is 0.0952. The summed E-state index contributed by atoms with van der Waals surface area (Å²) < 4.78 is 14.0. The molecule has 0 saturated carbocycles. The van der Waals surface area contributed by atoms with Gasteiger partial charge in [-0.3, -0.25) is 15.0 Å². The second-order valence-electron chi connectivity index (χ2n) is 5.94. The quantitative estimate of drug-likeness (QED) is 0.608. The zero-order valence-corrected chi connectivity index (χ0v) is 14.1. The van der Waals surface area contributed by atoms with E-state index in [2.05, 4.69) is 9.97 Å². The predicted molar refractivity (Wildman–Crippen MR) is 101 cm³/mol. The molecule has 128 valence electrons. The van der Waals surface area contributed by atoms with E-state index in [0.29, 0.717) is 18.4 Å². The molecule has 26 heavy (non-hydrogen) atoms. The average molecular weight is 344 g/mol. The average Bonchev–Trinajstić information content (AvgIpc) is 2.69. The highest BCUT2D eigenvalue weighted by atomic mass is 19.1. The van der Waals surface area contributed by atoms with Gasteiger partial charge in [0.05, 0.1) is 22.6 Å². The zero-order valence-electron chi connectivity index (χ0n) is 14.1. The Kier molecular flexibility index (Phi) is 4.37. The first-order chi connectivity index (χ1) is 12.8. The number of fused-ring (bicyclic) bond motifs is 1. The van der Waals surface area contributed by atoms with Crippen LogP contribution in [0.15, 0.2) is 67.0 Å². The predicted octanol–water partition coefficient (Wildman–Crippen LogP) is 4.00. The first-order valence-corrected chi connectivity index (χ1v) is 8.43. The SMILES string of the molecule is NCCc1nc2ccc(F)cc2c(-c2ccccn2)c1-c1ccccn1. The van der Waals surface area contributed by atoms with Crippen molar-refractivity contribution in [2.75, 3.05) is 6.54 Å². The van der Waals surface area contributed by atoms with Crippen molar-refractivity contribution in [1.82, 2.24) is 15.0 Å². The fourth-order valence-corrected chi connectivity index (χ4v) is 3.17. The van der Waals surface area contributed by atoms with Crippen LogP contribution >= 0.6 is 0 Å². The third kappa shape index (κ3) is 2.93. The summed E-state index contributed by atoms with van der Waals surface area (Å²) in [5.74, 6) is -0.310. The van der Waals surface area contributed by atoms with Crippen molar-refractivity contribution in [3.63, 3.8) is 0 Å². The number of benzene rings is 1. The van der Waals surface area contributed by atoms with E-state index in [0.717, 1.165) is 33.7 Å². The molecule has 3 aromatic heterocycles. The standard InChI is InChI=1S/C21H17FN4/c22-14-7-8-16-15(13-14)20(17-5-1-3-11-24-17)21(19(26-16)9-10-23)18-6-2-4-12-25-18/h1-8,11-13H,9-10,23H2. The van der Waals surface area contributed by atoms with E-state index < -0.39 is 0 Å². The Balaban J connectivity index is 2.16. The summed E-state index contributed by atoms with van der Waals surface area (Å²) in [7, 11) is 0. The van der Waals surface area contributed by atoms with Gasteiger partial charge in [0.15, 0.2) is 0 Å². The van der Waals surface area contributed by atoms with Crippen molar-refractivity contribution in [1.29, 1.82) is 0 Å². The van der Waals surface area contributed by atoms with Crippen LogP contribution in [0, 0.1) is 5.82 Å². The van der Waals surface area contributed by atoms with E-state index >= 15 is 0 Å². The Morgan fingerprint density at radius 1 is 0.846 bits per heavy atom. The molecule has 0 aliphatic rings. The Bertz CT molecular complexity index is 1050. The van der Waals surface area contributed by atoms with Gasteiger partial charge in [0.1, 0.15) is 5.82 Å². The van der Waals surface area contributed by atoms with Crippen molar-refractivity contribution >= 4 is 10.9 Å². The summed E-state index contributed by atoms with van der Waals surface area (Å²) in [5.41, 5.74) is 10.6. The normalized spacial score (nSPS) is 11.0. The van der Waals surface area contributed by atoms with Gasteiger partial charge < -0.3 is 5.73 Å². The molecule has 5 heteroatoms. The monoisotopic (exact) mass is 344 g/mol. The van der Waals surface area contributed by atoms with E-state index in [1.807, 2.05) is 36.4 Å². The number of nitrogens with zero attached hydrogens (tertiary/aromatic N) is 3. The van der Waals surface area contributed by atoms with Crippen molar-refractivity contribution < 1.29 is 4.39 Å². The lowest BCUT2D eigenvalue weighted by Gasteiger charge is -2.16. The van der Waals surface area contributed by atoms with Gasteiger partial charge in [-0.2, -0.15) is 0 Å². The van der Waals surface area contributed by atoms with E-state index in [-0.39, 0.29) is 5.82 Å². The van der Waals surface area contributed by atoms with Crippen molar-refractivity contribution in [2.24, 2.45) is 5.73 Å². The van der Waals surface area contributed by atoms with Crippen LogP contribution in [-0.4, -0.2) is 21.5 Å². The van der Waals surface area contributed by atoms with Gasteiger partial charge in [-0.25, -0.2) is 4.39 Å². The van der Waals surface area contributed by atoms with E-state index in [1.54, 1.807) is 18.5 Å².